The van der Waals surface area contributed by atoms with Crippen molar-refractivity contribution in [2.45, 2.75) is 30.2 Å². The first-order chi connectivity index (χ1) is 10.5. The van der Waals surface area contributed by atoms with Crippen molar-refractivity contribution in [1.29, 1.82) is 0 Å². The van der Waals surface area contributed by atoms with Gasteiger partial charge in [0.05, 0.1) is 4.90 Å². The Morgan fingerprint density at radius 3 is 2.68 bits per heavy atom. The second-order valence-corrected chi connectivity index (χ2v) is 8.50. The fraction of sp³-hybridized carbons (Fsp3) is 0.294. The average molecular weight is 380 g/mol. The van der Waals surface area contributed by atoms with Gasteiger partial charge >= 0.3 is 0 Å². The molecule has 0 heterocycles. The van der Waals surface area contributed by atoms with Gasteiger partial charge in [0.2, 0.25) is 10.0 Å². The maximum absolute atomic E-state index is 12.9. The third kappa shape index (κ3) is 2.85. The number of sulfonamides is 1. The van der Waals surface area contributed by atoms with E-state index in [0.29, 0.717) is 4.90 Å². The number of hydrogen-bond donors (Lipinski definition) is 0. The van der Waals surface area contributed by atoms with Crippen LogP contribution in [0.1, 0.15) is 30.0 Å². The summed E-state index contributed by atoms with van der Waals surface area (Å²) in [5.74, 6) is 0. The molecule has 0 saturated heterocycles. The van der Waals surface area contributed by atoms with Crippen molar-refractivity contribution < 1.29 is 8.42 Å². The van der Waals surface area contributed by atoms with Crippen molar-refractivity contribution in [3.63, 3.8) is 0 Å². The Bertz CT molecular complexity index is 789. The predicted octanol–water partition coefficient (Wildman–Crippen LogP) is 4.15. The number of benzene rings is 2. The third-order valence-corrected chi connectivity index (χ3v) is 6.61. The van der Waals surface area contributed by atoms with Crippen LogP contribution in [0.3, 0.4) is 0 Å². The topological polar surface area (TPSA) is 37.4 Å². The molecule has 0 saturated carbocycles. The summed E-state index contributed by atoms with van der Waals surface area (Å²) < 4.78 is 28.1. The van der Waals surface area contributed by atoms with E-state index < -0.39 is 10.0 Å². The molecule has 0 amide bonds. The van der Waals surface area contributed by atoms with Crippen LogP contribution in [0, 0.1) is 0 Å². The summed E-state index contributed by atoms with van der Waals surface area (Å²) in [5.41, 5.74) is 2.39. The van der Waals surface area contributed by atoms with Gasteiger partial charge in [0.1, 0.15) is 0 Å². The molecular formula is C17H18BrNO2S. The molecule has 2 aromatic carbocycles. The molecule has 0 spiro atoms. The lowest BCUT2D eigenvalue weighted by Gasteiger charge is -2.32. The number of halogens is 1. The van der Waals surface area contributed by atoms with Crippen LogP contribution in [0.25, 0.3) is 0 Å². The van der Waals surface area contributed by atoms with Crippen LogP contribution in [0.4, 0.5) is 0 Å². The van der Waals surface area contributed by atoms with Crippen LogP contribution in [-0.2, 0) is 16.4 Å². The Kier molecular flexibility index (Phi) is 4.39. The molecular weight excluding hydrogens is 362 g/mol. The van der Waals surface area contributed by atoms with E-state index >= 15 is 0 Å². The molecule has 0 aliphatic heterocycles. The molecule has 1 atom stereocenters. The lowest BCUT2D eigenvalue weighted by Crippen LogP contribution is -2.33. The summed E-state index contributed by atoms with van der Waals surface area (Å²) in [7, 11) is -1.82. The average Bonchev–Trinajstić information content (AvgIpc) is 2.53. The van der Waals surface area contributed by atoms with Crippen LogP contribution >= 0.6 is 15.9 Å². The minimum atomic E-state index is -3.50. The highest BCUT2D eigenvalue weighted by atomic mass is 79.9. The Hall–Kier alpha value is -1.17. The summed E-state index contributed by atoms with van der Waals surface area (Å²) in [6, 6.07) is 14.9. The highest BCUT2D eigenvalue weighted by Gasteiger charge is 2.31. The summed E-state index contributed by atoms with van der Waals surface area (Å²) in [6.07, 6.45) is 2.90. The van der Waals surface area contributed by atoms with Gasteiger partial charge in [-0.2, -0.15) is 4.31 Å². The molecule has 0 aromatic heterocycles. The minimum absolute atomic E-state index is 0.0890. The fourth-order valence-corrected chi connectivity index (χ4v) is 5.03. The summed E-state index contributed by atoms with van der Waals surface area (Å²) in [6.45, 7) is 0. The SMILES string of the molecule is CN([C@@H]1CCCc2ccccc21)S(=O)(=O)c1cccc(Br)c1. The van der Waals surface area contributed by atoms with Gasteiger partial charge in [-0.1, -0.05) is 46.3 Å². The fourth-order valence-electron chi connectivity index (χ4n) is 3.07. The maximum Gasteiger partial charge on any atom is 0.243 e. The number of aryl methyl sites for hydroxylation is 1. The molecule has 3 nitrogen and oxygen atoms in total. The van der Waals surface area contributed by atoms with Gasteiger partial charge < -0.3 is 0 Å². The third-order valence-electron chi connectivity index (χ3n) is 4.25. The smallest absolute Gasteiger partial charge is 0.207 e. The zero-order chi connectivity index (χ0) is 15.7. The monoisotopic (exact) mass is 379 g/mol. The van der Waals surface area contributed by atoms with E-state index in [-0.39, 0.29) is 6.04 Å². The number of hydrogen-bond acceptors (Lipinski definition) is 2. The van der Waals surface area contributed by atoms with Crippen molar-refractivity contribution >= 4 is 26.0 Å². The second-order valence-electron chi connectivity index (χ2n) is 5.59. The predicted molar refractivity (Wildman–Crippen MR) is 91.2 cm³/mol. The zero-order valence-corrected chi connectivity index (χ0v) is 14.8. The lowest BCUT2D eigenvalue weighted by molar-refractivity contribution is 0.337. The maximum atomic E-state index is 12.9. The Labute approximate surface area is 140 Å². The van der Waals surface area contributed by atoms with Crippen LogP contribution in [0.2, 0.25) is 0 Å². The van der Waals surface area contributed by atoms with Crippen LogP contribution in [-0.4, -0.2) is 19.8 Å². The Morgan fingerprint density at radius 1 is 1.14 bits per heavy atom. The van der Waals surface area contributed by atoms with Gasteiger partial charge in [0, 0.05) is 17.6 Å². The van der Waals surface area contributed by atoms with Crippen LogP contribution in [0.15, 0.2) is 57.9 Å². The standard InChI is InChI=1S/C17H18BrNO2S/c1-19(22(20,21)15-9-5-8-14(18)12-15)17-11-4-7-13-6-2-3-10-16(13)17/h2-3,5-6,8-10,12,17H,4,7,11H2,1H3/t17-/m1/s1. The summed E-state index contributed by atoms with van der Waals surface area (Å²) in [5, 5.41) is 0. The molecule has 5 heteroatoms. The van der Waals surface area contributed by atoms with Crippen LogP contribution < -0.4 is 0 Å². The lowest BCUT2D eigenvalue weighted by atomic mass is 9.88. The first kappa shape index (κ1) is 15.7. The molecule has 1 aliphatic rings. The van der Waals surface area contributed by atoms with E-state index in [1.54, 1.807) is 25.2 Å². The largest absolute Gasteiger partial charge is 0.243 e. The quantitative estimate of drug-likeness (QED) is 0.803. The Morgan fingerprint density at radius 2 is 1.91 bits per heavy atom. The van der Waals surface area contributed by atoms with Crippen molar-refractivity contribution in [2.24, 2.45) is 0 Å². The summed E-state index contributed by atoms with van der Waals surface area (Å²) in [4.78, 5) is 0.326. The molecule has 0 bridgehead atoms. The molecule has 0 unspecified atom stereocenters. The molecule has 0 N–H and O–H groups in total. The first-order valence-electron chi connectivity index (χ1n) is 7.31. The number of nitrogens with zero attached hydrogens (tertiary/aromatic N) is 1. The molecule has 1 aliphatic carbocycles. The zero-order valence-electron chi connectivity index (χ0n) is 12.4. The van der Waals surface area contributed by atoms with Crippen molar-refractivity contribution in [2.75, 3.05) is 7.05 Å². The van der Waals surface area contributed by atoms with E-state index in [9.17, 15) is 8.42 Å². The molecule has 3 rings (SSSR count). The van der Waals surface area contributed by atoms with E-state index in [1.807, 2.05) is 24.3 Å². The van der Waals surface area contributed by atoms with Gasteiger partial charge in [0.25, 0.3) is 0 Å². The van der Waals surface area contributed by atoms with Gasteiger partial charge in [-0.05, 0) is 48.6 Å². The first-order valence-corrected chi connectivity index (χ1v) is 9.55. The molecule has 116 valence electrons. The number of rotatable bonds is 3. The normalized spacial score (nSPS) is 18.2. The Balaban J connectivity index is 1.99. The van der Waals surface area contributed by atoms with E-state index in [4.69, 9.17) is 0 Å². The second kappa shape index (κ2) is 6.14. The number of fused-ring (bicyclic) bond motifs is 1. The molecule has 22 heavy (non-hydrogen) atoms. The van der Waals surface area contributed by atoms with Crippen molar-refractivity contribution in [3.05, 3.63) is 64.1 Å². The van der Waals surface area contributed by atoms with Gasteiger partial charge in [0.15, 0.2) is 0 Å². The highest BCUT2D eigenvalue weighted by molar-refractivity contribution is 9.10. The minimum Gasteiger partial charge on any atom is -0.207 e. The van der Waals surface area contributed by atoms with Crippen molar-refractivity contribution in [3.8, 4) is 0 Å². The summed E-state index contributed by atoms with van der Waals surface area (Å²) >= 11 is 3.34. The van der Waals surface area contributed by atoms with E-state index in [2.05, 4.69) is 22.0 Å². The molecule has 0 radical (unpaired) electrons. The van der Waals surface area contributed by atoms with E-state index in [1.165, 1.54) is 9.87 Å². The van der Waals surface area contributed by atoms with Crippen molar-refractivity contribution in [1.82, 2.24) is 4.31 Å². The van der Waals surface area contributed by atoms with Gasteiger partial charge in [-0.15, -0.1) is 0 Å². The highest BCUT2D eigenvalue weighted by Crippen LogP contribution is 2.36. The van der Waals surface area contributed by atoms with E-state index in [0.717, 1.165) is 29.3 Å². The molecule has 2 aromatic rings. The van der Waals surface area contributed by atoms with Gasteiger partial charge in [-0.25, -0.2) is 8.42 Å². The van der Waals surface area contributed by atoms with Crippen LogP contribution in [0.5, 0.6) is 0 Å². The molecule has 0 fully saturated rings. The van der Waals surface area contributed by atoms with Gasteiger partial charge in [-0.3, -0.25) is 0 Å².